The summed E-state index contributed by atoms with van der Waals surface area (Å²) in [5, 5.41) is 20.1. The molecule has 0 spiro atoms. The van der Waals surface area contributed by atoms with Crippen LogP contribution >= 0.6 is 17.8 Å². The van der Waals surface area contributed by atoms with Crippen LogP contribution in [0, 0.1) is 18.3 Å². The van der Waals surface area contributed by atoms with Crippen molar-refractivity contribution < 1.29 is 0 Å². The zero-order chi connectivity index (χ0) is 25.0. The number of likely N-dealkylation sites (N-methyl/N-ethyl adjacent to an activating group) is 1. The van der Waals surface area contributed by atoms with E-state index in [2.05, 4.69) is 61.2 Å². The predicted octanol–water partition coefficient (Wildman–Crippen LogP) is 6.25. The van der Waals surface area contributed by atoms with Gasteiger partial charge in [0.1, 0.15) is 0 Å². The molecule has 5 rings (SSSR count). The lowest BCUT2D eigenvalue weighted by Crippen LogP contribution is -2.29. The smallest absolute Gasteiger partial charge is 0.161 e. The zero-order valence-corrected chi connectivity index (χ0v) is 22.5. The third-order valence-corrected chi connectivity index (χ3v) is 11.2. The summed E-state index contributed by atoms with van der Waals surface area (Å²) in [7, 11) is 2.09. The van der Waals surface area contributed by atoms with Crippen molar-refractivity contribution in [3.63, 3.8) is 0 Å². The molecule has 35 heavy (non-hydrogen) atoms. The maximum absolute atomic E-state index is 9.14. The number of hydrogen-bond donors (Lipinski definition) is 1. The molecular formula is C26H26ClN6PS. The molecule has 0 saturated heterocycles. The van der Waals surface area contributed by atoms with Gasteiger partial charge in [0.05, 0.1) is 46.9 Å². The Kier molecular flexibility index (Phi) is 5.88. The first-order chi connectivity index (χ1) is 16.7. The average Bonchev–Trinajstić information content (AvgIpc) is 3.26. The number of hydrogen-bond acceptors (Lipinski definition) is 5. The van der Waals surface area contributed by atoms with Crippen LogP contribution in [-0.2, 0) is 23.8 Å². The van der Waals surface area contributed by atoms with Crippen molar-refractivity contribution in [2.75, 3.05) is 17.0 Å². The van der Waals surface area contributed by atoms with E-state index in [1.54, 1.807) is 4.68 Å². The fraction of sp³-hybridized carbons (Fsp3) is 0.269. The molecule has 1 unspecified atom stereocenters. The standard InChI is InChI=1S/C26H26ClN6PS/c1-17-23-25(33(30-17)15-9-14-28)29-16-22(34(23,35)31-20-12-7-6-11-19(20)27)24-26(2,3)18-10-5-8-13-21(18)32(24)4/h5-8,10-13,16H,9,15H2,1-4H3,(H,31,35)/b24-22-. The van der Waals surface area contributed by atoms with E-state index in [0.29, 0.717) is 18.0 Å². The van der Waals surface area contributed by atoms with E-state index >= 15 is 0 Å². The first-order valence-electron chi connectivity index (χ1n) is 11.4. The number of allylic oxidation sites excluding steroid dienone is 2. The highest BCUT2D eigenvalue weighted by Crippen LogP contribution is 2.62. The molecule has 0 fully saturated rings. The van der Waals surface area contributed by atoms with E-state index in [4.69, 9.17) is 38.8 Å². The van der Waals surface area contributed by atoms with Gasteiger partial charge in [0.15, 0.2) is 5.82 Å². The van der Waals surface area contributed by atoms with Gasteiger partial charge in [-0.2, -0.15) is 10.4 Å². The third kappa shape index (κ3) is 3.63. The Morgan fingerprint density at radius 3 is 2.60 bits per heavy atom. The normalized spacial score (nSPS) is 22.0. The molecule has 178 valence electrons. The molecule has 9 heteroatoms. The van der Waals surface area contributed by atoms with Gasteiger partial charge in [0.2, 0.25) is 0 Å². The fourth-order valence-electron chi connectivity index (χ4n) is 5.19. The number of nitriles is 1. The van der Waals surface area contributed by atoms with E-state index in [1.807, 2.05) is 37.4 Å². The van der Waals surface area contributed by atoms with Gasteiger partial charge in [-0.25, -0.2) is 9.67 Å². The molecule has 0 amide bonds. The van der Waals surface area contributed by atoms with E-state index in [1.165, 1.54) is 11.3 Å². The van der Waals surface area contributed by atoms with Crippen LogP contribution in [0.5, 0.6) is 0 Å². The summed E-state index contributed by atoms with van der Waals surface area (Å²) in [6, 6.07) is 18.3. The van der Waals surface area contributed by atoms with Crippen molar-refractivity contribution in [2.45, 2.75) is 39.2 Å². The quantitative estimate of drug-likeness (QED) is 0.412. The Morgan fingerprint density at radius 2 is 1.89 bits per heavy atom. The summed E-state index contributed by atoms with van der Waals surface area (Å²) >= 11 is 13.2. The van der Waals surface area contributed by atoms with Crippen LogP contribution in [0.4, 0.5) is 17.2 Å². The number of fused-ring (bicyclic) bond motifs is 2. The second-order valence-corrected chi connectivity index (χ2v) is 13.7. The first kappa shape index (κ1) is 23.8. The monoisotopic (exact) mass is 520 g/mol. The highest BCUT2D eigenvalue weighted by atomic mass is 35.5. The molecule has 2 aliphatic heterocycles. The fourth-order valence-corrected chi connectivity index (χ4v) is 9.69. The number of rotatable bonds is 4. The minimum absolute atomic E-state index is 0.277. The molecule has 1 atom stereocenters. The number of anilines is 2. The van der Waals surface area contributed by atoms with Crippen LogP contribution in [0.25, 0.3) is 0 Å². The Morgan fingerprint density at radius 1 is 1.17 bits per heavy atom. The van der Waals surface area contributed by atoms with E-state index in [9.17, 15) is 0 Å². The number of halogens is 1. The molecule has 0 aliphatic carbocycles. The topological polar surface area (TPSA) is 69.2 Å². The van der Waals surface area contributed by atoms with Crippen molar-refractivity contribution in [3.8, 4) is 6.07 Å². The van der Waals surface area contributed by atoms with Crippen LogP contribution in [0.3, 0.4) is 0 Å². The highest BCUT2D eigenvalue weighted by Gasteiger charge is 2.45. The first-order valence-corrected chi connectivity index (χ1v) is 14.6. The van der Waals surface area contributed by atoms with Gasteiger partial charge in [-0.3, -0.25) is 0 Å². The van der Waals surface area contributed by atoms with E-state index in [0.717, 1.165) is 33.5 Å². The lowest BCUT2D eigenvalue weighted by atomic mass is 9.84. The summed E-state index contributed by atoms with van der Waals surface area (Å²) < 4.78 is 1.80. The van der Waals surface area contributed by atoms with Crippen molar-refractivity contribution in [2.24, 2.45) is 4.99 Å². The largest absolute Gasteiger partial charge is 0.349 e. The zero-order valence-electron chi connectivity index (χ0n) is 20.1. The Labute approximate surface area is 216 Å². The Bertz CT molecular complexity index is 1500. The molecule has 2 aromatic carbocycles. The molecule has 0 saturated carbocycles. The molecular weight excluding hydrogens is 495 g/mol. The molecule has 1 N–H and O–H groups in total. The molecule has 0 bridgehead atoms. The molecule has 3 heterocycles. The van der Waals surface area contributed by atoms with Crippen molar-refractivity contribution >= 4 is 58.3 Å². The number of nitrogens with zero attached hydrogens (tertiary/aromatic N) is 5. The highest BCUT2D eigenvalue weighted by molar-refractivity contribution is 8.21. The molecule has 3 aromatic rings. The van der Waals surface area contributed by atoms with Crippen LogP contribution in [0.1, 0.15) is 31.5 Å². The number of benzene rings is 2. The molecule has 6 nitrogen and oxygen atoms in total. The minimum Gasteiger partial charge on any atom is -0.349 e. The Balaban J connectivity index is 1.79. The number of aromatic nitrogens is 2. The summed E-state index contributed by atoms with van der Waals surface area (Å²) in [6.45, 7) is 6.91. The molecule has 2 aliphatic rings. The van der Waals surface area contributed by atoms with Crippen LogP contribution < -0.4 is 15.3 Å². The van der Waals surface area contributed by atoms with Gasteiger partial charge in [0, 0.05) is 35.4 Å². The summed E-state index contributed by atoms with van der Waals surface area (Å²) in [5.41, 5.74) is 4.88. The van der Waals surface area contributed by atoms with E-state index in [-0.39, 0.29) is 5.41 Å². The minimum atomic E-state index is -2.68. The number of para-hydroxylation sites is 2. The third-order valence-electron chi connectivity index (χ3n) is 6.73. The Hall–Kier alpha value is -2.91. The SMILES string of the molecule is Cc1nn(CCC#N)c2c1P(=S)(Nc1ccccc1Cl)/C(=C1\N(C)c3ccccc3C1(C)C)C=N2. The second-order valence-electron chi connectivity index (χ2n) is 9.28. The van der Waals surface area contributed by atoms with Gasteiger partial charge < -0.3 is 9.99 Å². The van der Waals surface area contributed by atoms with Crippen molar-refractivity contribution in [1.82, 2.24) is 9.78 Å². The average molecular weight is 521 g/mol. The van der Waals surface area contributed by atoms with Crippen molar-refractivity contribution in [1.29, 1.82) is 5.26 Å². The van der Waals surface area contributed by atoms with Gasteiger partial charge >= 0.3 is 0 Å². The predicted molar refractivity (Wildman–Crippen MR) is 149 cm³/mol. The molecule has 0 radical (unpaired) electrons. The number of aryl methyl sites for hydroxylation is 2. The van der Waals surface area contributed by atoms with E-state index < -0.39 is 6.19 Å². The molecule has 1 aromatic heterocycles. The van der Waals surface area contributed by atoms with Gasteiger partial charge in [-0.1, -0.05) is 67.6 Å². The summed E-state index contributed by atoms with van der Waals surface area (Å²) in [6.07, 6.45) is -0.422. The van der Waals surface area contributed by atoms with Crippen LogP contribution in [-0.4, -0.2) is 23.0 Å². The summed E-state index contributed by atoms with van der Waals surface area (Å²) in [4.78, 5) is 7.13. The van der Waals surface area contributed by atoms with Gasteiger partial charge in [0.25, 0.3) is 0 Å². The van der Waals surface area contributed by atoms with Gasteiger partial charge in [-0.05, 0) is 30.7 Å². The maximum Gasteiger partial charge on any atom is 0.161 e. The lowest BCUT2D eigenvalue weighted by Gasteiger charge is -2.35. The van der Waals surface area contributed by atoms with Gasteiger partial charge in [-0.15, -0.1) is 0 Å². The number of nitrogens with one attached hydrogen (secondary N) is 1. The number of aliphatic imine (C=N–C) groups is 1. The van der Waals surface area contributed by atoms with Crippen LogP contribution in [0.2, 0.25) is 5.02 Å². The summed E-state index contributed by atoms with van der Waals surface area (Å²) in [5.74, 6) is 0.723. The van der Waals surface area contributed by atoms with Crippen LogP contribution in [0.15, 0.2) is 64.5 Å². The maximum atomic E-state index is 9.14. The lowest BCUT2D eigenvalue weighted by molar-refractivity contribution is 0.626. The van der Waals surface area contributed by atoms with Crippen molar-refractivity contribution in [3.05, 3.63) is 75.8 Å². The second kappa shape index (κ2) is 8.64.